The quantitative estimate of drug-likeness (QED) is 0.740. The second kappa shape index (κ2) is 8.25. The zero-order valence-electron chi connectivity index (χ0n) is 15.0. The van der Waals surface area contributed by atoms with Crippen molar-refractivity contribution in [2.24, 2.45) is 0 Å². The molecule has 0 unspecified atom stereocenters. The third-order valence-corrected chi connectivity index (χ3v) is 4.18. The Kier molecular flexibility index (Phi) is 5.59. The predicted molar refractivity (Wildman–Crippen MR) is 103 cm³/mol. The molecule has 0 saturated heterocycles. The second-order valence-corrected chi connectivity index (χ2v) is 6.19. The highest BCUT2D eigenvalue weighted by molar-refractivity contribution is 5.92. The molecule has 132 valence electrons. The Bertz CT molecular complexity index is 880. The molecule has 2 aromatic carbocycles. The molecule has 1 amide bonds. The SMILES string of the molecule is Cc1ccccc1CNc1nccc(C(=O)N(C)Cc2ccccc2)n1. The number of nitrogens with one attached hydrogen (secondary N) is 1. The number of aryl methyl sites for hydroxylation is 1. The van der Waals surface area contributed by atoms with Gasteiger partial charge in [0.1, 0.15) is 5.69 Å². The van der Waals surface area contributed by atoms with E-state index in [1.165, 1.54) is 11.1 Å². The van der Waals surface area contributed by atoms with E-state index in [1.807, 2.05) is 42.5 Å². The average molecular weight is 346 g/mol. The van der Waals surface area contributed by atoms with Crippen LogP contribution in [0.25, 0.3) is 0 Å². The van der Waals surface area contributed by atoms with Gasteiger partial charge in [-0.1, -0.05) is 54.6 Å². The fourth-order valence-corrected chi connectivity index (χ4v) is 2.67. The molecule has 0 bridgehead atoms. The highest BCUT2D eigenvalue weighted by atomic mass is 16.2. The molecular weight excluding hydrogens is 324 g/mol. The van der Waals surface area contributed by atoms with Gasteiger partial charge in [-0.05, 0) is 29.7 Å². The van der Waals surface area contributed by atoms with Crippen molar-refractivity contribution in [2.75, 3.05) is 12.4 Å². The molecule has 0 aliphatic carbocycles. The lowest BCUT2D eigenvalue weighted by Gasteiger charge is -2.17. The number of hydrogen-bond acceptors (Lipinski definition) is 4. The number of nitrogens with zero attached hydrogens (tertiary/aromatic N) is 3. The minimum atomic E-state index is -0.129. The molecule has 0 spiro atoms. The van der Waals surface area contributed by atoms with E-state index < -0.39 is 0 Å². The van der Waals surface area contributed by atoms with Gasteiger partial charge < -0.3 is 10.2 Å². The first-order valence-corrected chi connectivity index (χ1v) is 8.54. The zero-order chi connectivity index (χ0) is 18.4. The van der Waals surface area contributed by atoms with Crippen LogP contribution in [0.1, 0.15) is 27.2 Å². The molecule has 1 heterocycles. The number of hydrogen-bond donors (Lipinski definition) is 1. The Morgan fingerprint density at radius 1 is 1.04 bits per heavy atom. The highest BCUT2D eigenvalue weighted by Crippen LogP contribution is 2.11. The molecule has 0 atom stereocenters. The number of carbonyl (C=O) groups is 1. The predicted octanol–water partition coefficient (Wildman–Crippen LogP) is 3.67. The lowest BCUT2D eigenvalue weighted by molar-refractivity contribution is 0.0779. The van der Waals surface area contributed by atoms with Crippen LogP contribution < -0.4 is 5.32 Å². The first kappa shape index (κ1) is 17.6. The smallest absolute Gasteiger partial charge is 0.272 e. The van der Waals surface area contributed by atoms with E-state index in [2.05, 4.69) is 34.3 Å². The van der Waals surface area contributed by atoms with Gasteiger partial charge in [0.25, 0.3) is 5.91 Å². The fraction of sp³-hybridized carbons (Fsp3) is 0.190. The summed E-state index contributed by atoms with van der Waals surface area (Å²) >= 11 is 0. The van der Waals surface area contributed by atoms with Crippen LogP contribution in [-0.4, -0.2) is 27.8 Å². The number of amides is 1. The normalized spacial score (nSPS) is 10.4. The lowest BCUT2D eigenvalue weighted by atomic mass is 10.1. The minimum Gasteiger partial charge on any atom is -0.350 e. The van der Waals surface area contributed by atoms with Crippen molar-refractivity contribution >= 4 is 11.9 Å². The third kappa shape index (κ3) is 4.45. The van der Waals surface area contributed by atoms with Crippen molar-refractivity contribution in [1.29, 1.82) is 0 Å². The molecule has 0 fully saturated rings. The summed E-state index contributed by atoms with van der Waals surface area (Å²) in [7, 11) is 1.78. The molecule has 0 aliphatic rings. The average Bonchev–Trinajstić information content (AvgIpc) is 2.68. The van der Waals surface area contributed by atoms with Crippen molar-refractivity contribution in [1.82, 2.24) is 14.9 Å². The summed E-state index contributed by atoms with van der Waals surface area (Å²) in [6, 6.07) is 19.7. The van der Waals surface area contributed by atoms with Gasteiger partial charge >= 0.3 is 0 Å². The summed E-state index contributed by atoms with van der Waals surface area (Å²) in [5.41, 5.74) is 3.84. The van der Waals surface area contributed by atoms with E-state index in [9.17, 15) is 4.79 Å². The molecular formula is C21H22N4O. The molecule has 1 aromatic heterocycles. The second-order valence-electron chi connectivity index (χ2n) is 6.19. The number of carbonyl (C=O) groups excluding carboxylic acids is 1. The Labute approximate surface area is 153 Å². The largest absolute Gasteiger partial charge is 0.350 e. The summed E-state index contributed by atoms with van der Waals surface area (Å²) in [4.78, 5) is 22.9. The van der Waals surface area contributed by atoms with Gasteiger partial charge in [0.05, 0.1) is 0 Å². The maximum atomic E-state index is 12.6. The van der Waals surface area contributed by atoms with Crippen LogP contribution in [-0.2, 0) is 13.1 Å². The van der Waals surface area contributed by atoms with Gasteiger partial charge in [-0.3, -0.25) is 4.79 Å². The van der Waals surface area contributed by atoms with Crippen molar-refractivity contribution in [3.05, 3.63) is 89.2 Å². The van der Waals surface area contributed by atoms with Crippen LogP contribution in [0.2, 0.25) is 0 Å². The topological polar surface area (TPSA) is 58.1 Å². The maximum Gasteiger partial charge on any atom is 0.272 e. The van der Waals surface area contributed by atoms with Crippen molar-refractivity contribution < 1.29 is 4.79 Å². The van der Waals surface area contributed by atoms with E-state index >= 15 is 0 Å². The van der Waals surface area contributed by atoms with Gasteiger partial charge in [-0.2, -0.15) is 0 Å². The molecule has 5 nitrogen and oxygen atoms in total. The lowest BCUT2D eigenvalue weighted by Crippen LogP contribution is -2.27. The molecule has 1 N–H and O–H groups in total. The summed E-state index contributed by atoms with van der Waals surface area (Å²) in [6.07, 6.45) is 1.61. The highest BCUT2D eigenvalue weighted by Gasteiger charge is 2.14. The van der Waals surface area contributed by atoms with Crippen molar-refractivity contribution in [2.45, 2.75) is 20.0 Å². The first-order chi connectivity index (χ1) is 12.6. The Hall–Kier alpha value is -3.21. The maximum absolute atomic E-state index is 12.6. The van der Waals surface area contributed by atoms with Gasteiger partial charge in [0.15, 0.2) is 0 Å². The summed E-state index contributed by atoms with van der Waals surface area (Å²) in [6.45, 7) is 3.22. The molecule has 26 heavy (non-hydrogen) atoms. The minimum absolute atomic E-state index is 0.129. The van der Waals surface area contributed by atoms with Gasteiger partial charge in [0.2, 0.25) is 5.95 Å². The number of benzene rings is 2. The van der Waals surface area contributed by atoms with Crippen LogP contribution in [0.3, 0.4) is 0 Å². The van der Waals surface area contributed by atoms with Gasteiger partial charge in [-0.25, -0.2) is 9.97 Å². The van der Waals surface area contributed by atoms with Crippen molar-refractivity contribution in [3.8, 4) is 0 Å². The van der Waals surface area contributed by atoms with E-state index in [4.69, 9.17) is 0 Å². The van der Waals surface area contributed by atoms with Crippen LogP contribution >= 0.6 is 0 Å². The van der Waals surface area contributed by atoms with Gasteiger partial charge in [-0.15, -0.1) is 0 Å². The first-order valence-electron chi connectivity index (χ1n) is 8.54. The van der Waals surface area contributed by atoms with E-state index in [0.29, 0.717) is 24.7 Å². The Morgan fingerprint density at radius 3 is 2.54 bits per heavy atom. The zero-order valence-corrected chi connectivity index (χ0v) is 15.0. The molecule has 0 saturated carbocycles. The van der Waals surface area contributed by atoms with Crippen LogP contribution in [0.15, 0.2) is 66.9 Å². The summed E-state index contributed by atoms with van der Waals surface area (Å²) in [5.74, 6) is 0.322. The Balaban J connectivity index is 1.66. The monoisotopic (exact) mass is 346 g/mol. The number of aromatic nitrogens is 2. The fourth-order valence-electron chi connectivity index (χ4n) is 2.67. The van der Waals surface area contributed by atoms with Crippen LogP contribution in [0.4, 0.5) is 5.95 Å². The number of rotatable bonds is 6. The molecule has 3 rings (SSSR count). The number of anilines is 1. The van der Waals surface area contributed by atoms with E-state index in [0.717, 1.165) is 5.56 Å². The van der Waals surface area contributed by atoms with Crippen molar-refractivity contribution in [3.63, 3.8) is 0 Å². The molecule has 0 aliphatic heterocycles. The summed E-state index contributed by atoms with van der Waals surface area (Å²) in [5, 5.41) is 3.19. The summed E-state index contributed by atoms with van der Waals surface area (Å²) < 4.78 is 0. The Morgan fingerprint density at radius 2 is 1.77 bits per heavy atom. The third-order valence-electron chi connectivity index (χ3n) is 4.18. The van der Waals surface area contributed by atoms with E-state index in [1.54, 1.807) is 24.2 Å². The van der Waals surface area contributed by atoms with Crippen LogP contribution in [0, 0.1) is 6.92 Å². The molecule has 3 aromatic rings. The van der Waals surface area contributed by atoms with Crippen LogP contribution in [0.5, 0.6) is 0 Å². The van der Waals surface area contributed by atoms with Gasteiger partial charge in [0, 0.05) is 26.3 Å². The standard InChI is InChI=1S/C21H22N4O/c1-16-8-6-7-11-18(16)14-23-21-22-13-12-19(24-21)20(26)25(2)15-17-9-4-3-5-10-17/h3-13H,14-15H2,1-2H3,(H,22,23,24). The molecule has 0 radical (unpaired) electrons. The molecule has 5 heteroatoms. The van der Waals surface area contributed by atoms with E-state index in [-0.39, 0.29) is 5.91 Å².